The molecule has 0 radical (unpaired) electrons. The number of hydrogen-bond acceptors (Lipinski definition) is 1. The van der Waals surface area contributed by atoms with Crippen LogP contribution in [-0.4, -0.2) is 5.78 Å². The molecule has 0 aromatic rings. The van der Waals surface area contributed by atoms with E-state index in [1.54, 1.807) is 6.08 Å². The summed E-state index contributed by atoms with van der Waals surface area (Å²) in [6.07, 6.45) is 1.70. The Morgan fingerprint density at radius 1 is 1.50 bits per heavy atom. The molecule has 0 amide bonds. The zero-order valence-electron chi connectivity index (χ0n) is 7.27. The van der Waals surface area contributed by atoms with Gasteiger partial charge in [-0.1, -0.05) is 19.9 Å². The maximum atomic E-state index is 11.3. The molecule has 0 rings (SSSR count). The predicted molar refractivity (Wildman–Crippen MR) is 43.8 cm³/mol. The van der Waals surface area contributed by atoms with Crippen LogP contribution in [0.25, 0.3) is 0 Å². The average Bonchev–Trinajstić information content (AvgIpc) is 1.86. The van der Waals surface area contributed by atoms with E-state index in [1.807, 2.05) is 27.7 Å². The van der Waals surface area contributed by atoms with Gasteiger partial charge in [0, 0.05) is 11.3 Å². The summed E-state index contributed by atoms with van der Waals surface area (Å²) in [5.41, 5.74) is -0.353. The summed E-state index contributed by atoms with van der Waals surface area (Å²) in [4.78, 5) is 11.3. The summed E-state index contributed by atoms with van der Waals surface area (Å²) in [7, 11) is 0. The molecular formula is C9H16O. The van der Waals surface area contributed by atoms with Crippen molar-refractivity contribution in [1.82, 2.24) is 0 Å². The second-order valence-corrected chi connectivity index (χ2v) is 3.44. The lowest BCUT2D eigenvalue weighted by Crippen LogP contribution is -2.25. The zero-order chi connectivity index (χ0) is 8.36. The van der Waals surface area contributed by atoms with Gasteiger partial charge in [0.05, 0.1) is 0 Å². The van der Waals surface area contributed by atoms with Crippen molar-refractivity contribution in [1.29, 1.82) is 0 Å². The van der Waals surface area contributed by atoms with Gasteiger partial charge in [-0.15, -0.1) is 6.58 Å². The van der Waals surface area contributed by atoms with E-state index in [0.717, 1.165) is 0 Å². The van der Waals surface area contributed by atoms with E-state index < -0.39 is 0 Å². The van der Waals surface area contributed by atoms with Crippen LogP contribution in [0, 0.1) is 11.3 Å². The van der Waals surface area contributed by atoms with E-state index >= 15 is 0 Å². The van der Waals surface area contributed by atoms with Crippen molar-refractivity contribution >= 4 is 5.78 Å². The van der Waals surface area contributed by atoms with Gasteiger partial charge in [-0.2, -0.15) is 0 Å². The van der Waals surface area contributed by atoms with Crippen molar-refractivity contribution in [2.45, 2.75) is 27.7 Å². The van der Waals surface area contributed by atoms with Crippen molar-refractivity contribution in [2.24, 2.45) is 11.3 Å². The van der Waals surface area contributed by atoms with Gasteiger partial charge < -0.3 is 0 Å². The lowest BCUT2D eigenvalue weighted by molar-refractivity contribution is -0.127. The van der Waals surface area contributed by atoms with Gasteiger partial charge in [-0.3, -0.25) is 4.79 Å². The third-order valence-corrected chi connectivity index (χ3v) is 1.67. The van der Waals surface area contributed by atoms with Crippen LogP contribution in [0.3, 0.4) is 0 Å². The highest BCUT2D eigenvalue weighted by molar-refractivity contribution is 5.87. The molecule has 0 aromatic heterocycles. The molecule has 0 fully saturated rings. The molecule has 0 saturated heterocycles. The van der Waals surface area contributed by atoms with E-state index in [9.17, 15) is 4.79 Å². The third-order valence-electron chi connectivity index (χ3n) is 1.67. The van der Waals surface area contributed by atoms with Crippen molar-refractivity contribution in [3.05, 3.63) is 12.7 Å². The fourth-order valence-corrected chi connectivity index (χ4v) is 0.845. The lowest BCUT2D eigenvalue weighted by Gasteiger charge is -2.19. The minimum Gasteiger partial charge on any atom is -0.298 e. The summed E-state index contributed by atoms with van der Waals surface area (Å²) in [5, 5.41) is 0. The normalized spacial score (nSPS) is 11.7. The Hall–Kier alpha value is -0.590. The SMILES string of the molecule is C=CC(C)(C)C(=O)C(C)C. The van der Waals surface area contributed by atoms with Gasteiger partial charge >= 0.3 is 0 Å². The van der Waals surface area contributed by atoms with Crippen LogP contribution in [0.2, 0.25) is 0 Å². The number of Topliss-reactive ketones (excluding diaryl/α,β-unsaturated/α-hetero) is 1. The smallest absolute Gasteiger partial charge is 0.144 e. The maximum absolute atomic E-state index is 11.3. The summed E-state index contributed by atoms with van der Waals surface area (Å²) in [6.45, 7) is 11.2. The van der Waals surface area contributed by atoms with Crippen molar-refractivity contribution in [2.75, 3.05) is 0 Å². The predicted octanol–water partition coefficient (Wildman–Crippen LogP) is 2.42. The van der Waals surface area contributed by atoms with Crippen LogP contribution in [-0.2, 0) is 4.79 Å². The van der Waals surface area contributed by atoms with Gasteiger partial charge in [0.25, 0.3) is 0 Å². The Balaban J connectivity index is 4.33. The number of ketones is 1. The molecule has 58 valence electrons. The maximum Gasteiger partial charge on any atom is 0.144 e. The molecule has 0 N–H and O–H groups in total. The highest BCUT2D eigenvalue weighted by Crippen LogP contribution is 2.21. The first-order valence-corrected chi connectivity index (χ1v) is 3.59. The third kappa shape index (κ3) is 1.98. The Morgan fingerprint density at radius 2 is 1.90 bits per heavy atom. The van der Waals surface area contributed by atoms with Crippen LogP contribution in [0.5, 0.6) is 0 Å². The quantitative estimate of drug-likeness (QED) is 0.550. The molecule has 0 saturated carbocycles. The number of hydrogen-bond donors (Lipinski definition) is 0. The van der Waals surface area contributed by atoms with Gasteiger partial charge in [0.1, 0.15) is 5.78 Å². The highest BCUT2D eigenvalue weighted by atomic mass is 16.1. The van der Waals surface area contributed by atoms with E-state index in [1.165, 1.54) is 0 Å². The lowest BCUT2D eigenvalue weighted by atomic mass is 9.83. The Bertz CT molecular complexity index is 143. The van der Waals surface area contributed by atoms with Crippen molar-refractivity contribution < 1.29 is 4.79 Å². The molecule has 1 heteroatoms. The van der Waals surface area contributed by atoms with Crippen LogP contribution >= 0.6 is 0 Å². The molecule has 0 heterocycles. The molecule has 0 aliphatic carbocycles. The van der Waals surface area contributed by atoms with Gasteiger partial charge in [0.2, 0.25) is 0 Å². The fraction of sp³-hybridized carbons (Fsp3) is 0.667. The molecule has 0 spiro atoms. The molecule has 0 atom stereocenters. The Labute approximate surface area is 63.1 Å². The summed E-state index contributed by atoms with van der Waals surface area (Å²) >= 11 is 0. The van der Waals surface area contributed by atoms with E-state index in [2.05, 4.69) is 6.58 Å². The van der Waals surface area contributed by atoms with Gasteiger partial charge in [-0.05, 0) is 13.8 Å². The summed E-state index contributed by atoms with van der Waals surface area (Å²) in [6, 6.07) is 0. The largest absolute Gasteiger partial charge is 0.298 e. The minimum absolute atomic E-state index is 0.105. The topological polar surface area (TPSA) is 17.1 Å². The summed E-state index contributed by atoms with van der Waals surface area (Å²) in [5.74, 6) is 0.357. The standard InChI is InChI=1S/C9H16O/c1-6-9(4,5)8(10)7(2)3/h6-7H,1H2,2-5H3. The molecule has 0 aromatic carbocycles. The van der Waals surface area contributed by atoms with E-state index in [0.29, 0.717) is 0 Å². The van der Waals surface area contributed by atoms with Crippen molar-refractivity contribution in [3.8, 4) is 0 Å². The second kappa shape index (κ2) is 3.00. The second-order valence-electron chi connectivity index (χ2n) is 3.44. The number of rotatable bonds is 3. The molecule has 0 aliphatic rings. The number of carbonyl (C=O) groups is 1. The molecule has 10 heavy (non-hydrogen) atoms. The number of carbonyl (C=O) groups excluding carboxylic acids is 1. The molecule has 0 unspecified atom stereocenters. The van der Waals surface area contributed by atoms with Crippen LogP contribution < -0.4 is 0 Å². The zero-order valence-corrected chi connectivity index (χ0v) is 7.27. The molecule has 0 bridgehead atoms. The fourth-order valence-electron chi connectivity index (χ4n) is 0.845. The summed E-state index contributed by atoms with van der Waals surface area (Å²) < 4.78 is 0. The monoisotopic (exact) mass is 140 g/mol. The molecule has 0 aliphatic heterocycles. The molecular weight excluding hydrogens is 124 g/mol. The first-order chi connectivity index (χ1) is 4.41. The minimum atomic E-state index is -0.353. The van der Waals surface area contributed by atoms with Gasteiger partial charge in [0.15, 0.2) is 0 Å². The van der Waals surface area contributed by atoms with Crippen LogP contribution in [0.1, 0.15) is 27.7 Å². The Kier molecular flexibility index (Phi) is 2.82. The van der Waals surface area contributed by atoms with Crippen LogP contribution in [0.4, 0.5) is 0 Å². The first-order valence-electron chi connectivity index (χ1n) is 3.59. The average molecular weight is 140 g/mol. The first kappa shape index (κ1) is 9.41. The number of allylic oxidation sites excluding steroid dienone is 1. The van der Waals surface area contributed by atoms with E-state index in [4.69, 9.17) is 0 Å². The molecule has 1 nitrogen and oxygen atoms in total. The van der Waals surface area contributed by atoms with Crippen molar-refractivity contribution in [3.63, 3.8) is 0 Å². The highest BCUT2D eigenvalue weighted by Gasteiger charge is 2.25. The Morgan fingerprint density at radius 3 is 2.00 bits per heavy atom. The van der Waals surface area contributed by atoms with Gasteiger partial charge in [-0.25, -0.2) is 0 Å². The van der Waals surface area contributed by atoms with E-state index in [-0.39, 0.29) is 17.1 Å². The van der Waals surface area contributed by atoms with Crippen LogP contribution in [0.15, 0.2) is 12.7 Å².